The number of hydrogen-bond donors (Lipinski definition) is 2. The summed E-state index contributed by atoms with van der Waals surface area (Å²) >= 11 is 0. The summed E-state index contributed by atoms with van der Waals surface area (Å²) in [4.78, 5) is 0. The van der Waals surface area contributed by atoms with Crippen LogP contribution in [0.25, 0.3) is 0 Å². The average Bonchev–Trinajstić information content (AvgIpc) is 3.27. The molecule has 4 rings (SSSR count). The number of aliphatic hydroxyl groups excluding tert-OH is 1. The van der Waals surface area contributed by atoms with Crippen molar-refractivity contribution in [1.29, 1.82) is 0 Å². The Morgan fingerprint density at radius 1 is 1.22 bits per heavy atom. The van der Waals surface area contributed by atoms with Crippen molar-refractivity contribution in [3.8, 4) is 0 Å². The maximum absolute atomic E-state index is 12.9. The minimum atomic E-state index is -4.03. The zero-order chi connectivity index (χ0) is 26.8. The van der Waals surface area contributed by atoms with E-state index in [4.69, 9.17) is 4.18 Å². The third-order valence-electron chi connectivity index (χ3n) is 9.19. The first-order valence-corrected chi connectivity index (χ1v) is 14.7. The fraction of sp³-hybridized carbons (Fsp3) is 0.643. The third kappa shape index (κ3) is 5.78. The second-order valence-electron chi connectivity index (χ2n) is 11.3. The fourth-order valence-corrected chi connectivity index (χ4v) is 8.22. The summed E-state index contributed by atoms with van der Waals surface area (Å²) in [7, 11) is -4.03. The van der Waals surface area contributed by atoms with Crippen LogP contribution in [0.15, 0.2) is 42.8 Å². The molecule has 0 amide bonds. The summed E-state index contributed by atoms with van der Waals surface area (Å²) in [5.74, 6) is -0.751. The maximum atomic E-state index is 12.9. The molecule has 0 radical (unpaired) electrons. The van der Waals surface area contributed by atoms with Gasteiger partial charge in [-0.1, -0.05) is 38.3 Å². The molecule has 2 N–H and O–H groups in total. The van der Waals surface area contributed by atoms with Crippen LogP contribution in [0.2, 0.25) is 0 Å². The van der Waals surface area contributed by atoms with E-state index in [0.29, 0.717) is 35.8 Å². The van der Waals surface area contributed by atoms with Gasteiger partial charge in [-0.2, -0.15) is 17.2 Å². The molecule has 3 aliphatic carbocycles. The molecule has 1 aromatic carbocycles. The summed E-state index contributed by atoms with van der Waals surface area (Å²) in [5.41, 5.74) is 3.46. The highest BCUT2D eigenvalue weighted by molar-refractivity contribution is 7.88. The normalized spacial score (nSPS) is 29.5. The Morgan fingerprint density at radius 3 is 2.73 bits per heavy atom. The lowest BCUT2D eigenvalue weighted by Gasteiger charge is -2.56. The van der Waals surface area contributed by atoms with Crippen molar-refractivity contribution in [3.05, 3.63) is 53.9 Å². The van der Waals surface area contributed by atoms with E-state index in [1.54, 1.807) is 6.07 Å². The first-order valence-electron chi connectivity index (χ1n) is 13.3. The number of allylic oxidation sites excluding steroid dienone is 1. The van der Waals surface area contributed by atoms with Crippen LogP contribution in [0.5, 0.6) is 0 Å². The van der Waals surface area contributed by atoms with Crippen molar-refractivity contribution in [3.63, 3.8) is 0 Å². The Kier molecular flexibility index (Phi) is 8.46. The number of rotatable bonds is 11. The van der Waals surface area contributed by atoms with E-state index in [1.165, 1.54) is 36.8 Å². The molecule has 2 saturated carbocycles. The van der Waals surface area contributed by atoms with Crippen LogP contribution in [0.4, 0.5) is 18.9 Å². The van der Waals surface area contributed by atoms with Gasteiger partial charge in [0.05, 0.1) is 12.3 Å². The van der Waals surface area contributed by atoms with Crippen LogP contribution in [0.3, 0.4) is 0 Å². The summed E-state index contributed by atoms with van der Waals surface area (Å²) in [6, 6.07) is 5.78. The van der Waals surface area contributed by atoms with E-state index < -0.39 is 28.3 Å². The van der Waals surface area contributed by atoms with E-state index in [-0.39, 0.29) is 24.9 Å². The standard InChI is InChI=1S/C28H38F3NO4S/c1-3-28-16-12-19-18-20(10-11-21(19)22(28)13-15-27(2)14-7-9-24(27)28)32-37(34,35)36-17-6-4-5-8-23(33)25(29)26(30)31/h3,10-11,18,22-24,32-33H,1,4-9,12-17H2,2H3/t22-,23-,24-,27+,28-/m1/s1. The largest absolute Gasteiger partial charge is 0.386 e. The molecule has 2 fully saturated rings. The van der Waals surface area contributed by atoms with Crippen LogP contribution in [0.1, 0.15) is 88.2 Å². The van der Waals surface area contributed by atoms with Crippen molar-refractivity contribution in [2.75, 3.05) is 11.3 Å². The van der Waals surface area contributed by atoms with Gasteiger partial charge in [0.25, 0.3) is 0 Å². The first-order chi connectivity index (χ1) is 17.5. The Labute approximate surface area is 218 Å². The Bertz CT molecular complexity index is 1140. The lowest BCUT2D eigenvalue weighted by atomic mass is 9.47. The van der Waals surface area contributed by atoms with E-state index in [0.717, 1.165) is 19.3 Å². The van der Waals surface area contributed by atoms with Crippen molar-refractivity contribution >= 4 is 16.0 Å². The van der Waals surface area contributed by atoms with Crippen molar-refractivity contribution in [1.82, 2.24) is 0 Å². The van der Waals surface area contributed by atoms with Gasteiger partial charge >= 0.3 is 16.4 Å². The Morgan fingerprint density at radius 2 is 2.00 bits per heavy atom. The number of aryl methyl sites for hydroxylation is 1. The van der Waals surface area contributed by atoms with Crippen LogP contribution in [-0.2, 0) is 20.9 Å². The average molecular weight is 542 g/mol. The highest BCUT2D eigenvalue weighted by Gasteiger charge is 2.57. The molecule has 5 nitrogen and oxygen atoms in total. The van der Waals surface area contributed by atoms with Gasteiger partial charge < -0.3 is 5.11 Å². The highest BCUT2D eigenvalue weighted by atomic mass is 32.2. The second kappa shape index (κ2) is 11.1. The number of fused-ring (bicyclic) bond motifs is 5. The number of unbranched alkanes of at least 4 members (excludes halogenated alkanes) is 2. The van der Waals surface area contributed by atoms with Crippen molar-refractivity contribution in [2.45, 2.75) is 89.6 Å². The molecule has 1 aromatic rings. The van der Waals surface area contributed by atoms with Gasteiger partial charge in [-0.15, -0.1) is 6.58 Å². The molecular formula is C28H38F3NO4S. The van der Waals surface area contributed by atoms with Gasteiger partial charge in [-0.05, 0) is 97.3 Å². The van der Waals surface area contributed by atoms with Crippen LogP contribution < -0.4 is 4.72 Å². The molecule has 0 bridgehead atoms. The number of anilines is 1. The van der Waals surface area contributed by atoms with Crippen LogP contribution >= 0.6 is 0 Å². The minimum Gasteiger partial charge on any atom is -0.386 e. The Balaban J connectivity index is 1.32. The summed E-state index contributed by atoms with van der Waals surface area (Å²) in [6.45, 7) is 6.64. The number of benzene rings is 1. The molecule has 0 aromatic heterocycles. The second-order valence-corrected chi connectivity index (χ2v) is 12.6. The molecule has 37 heavy (non-hydrogen) atoms. The predicted molar refractivity (Wildman–Crippen MR) is 138 cm³/mol. The topological polar surface area (TPSA) is 75.6 Å². The van der Waals surface area contributed by atoms with Gasteiger partial charge in [0.15, 0.2) is 5.83 Å². The van der Waals surface area contributed by atoms with E-state index in [1.807, 2.05) is 6.07 Å². The Hall–Kier alpha value is -1.84. The highest BCUT2D eigenvalue weighted by Crippen LogP contribution is 2.67. The first kappa shape index (κ1) is 28.2. The lowest BCUT2D eigenvalue weighted by Crippen LogP contribution is -2.47. The number of halogens is 3. The SMILES string of the molecule is C=C[C@@]12CCc3cc(NS(=O)(=O)OCCCCC[C@@H](O)C(F)=C(F)F)ccc3[C@H]1CC[C@]1(C)CCC[C@H]12. The zero-order valence-electron chi connectivity index (χ0n) is 21.4. The predicted octanol–water partition coefficient (Wildman–Crippen LogP) is 7.16. The van der Waals surface area contributed by atoms with Gasteiger partial charge in [-0.25, -0.2) is 4.39 Å². The molecule has 0 aliphatic heterocycles. The van der Waals surface area contributed by atoms with Crippen molar-refractivity contribution < 1.29 is 30.9 Å². The van der Waals surface area contributed by atoms with Gasteiger partial charge in [0.1, 0.15) is 6.10 Å². The molecule has 9 heteroatoms. The molecule has 3 aliphatic rings. The zero-order valence-corrected chi connectivity index (χ0v) is 22.3. The lowest BCUT2D eigenvalue weighted by molar-refractivity contribution is 0.00462. The minimum absolute atomic E-state index is 0.101. The molecule has 0 saturated heterocycles. The van der Waals surface area contributed by atoms with Crippen molar-refractivity contribution in [2.24, 2.45) is 16.7 Å². The number of hydrogen-bond acceptors (Lipinski definition) is 4. The number of nitrogens with one attached hydrogen (secondary N) is 1. The quantitative estimate of drug-likeness (QED) is 0.230. The monoisotopic (exact) mass is 541 g/mol. The summed E-state index contributed by atoms with van der Waals surface area (Å²) in [6.07, 6.45) is 6.79. The van der Waals surface area contributed by atoms with Crippen LogP contribution in [0, 0.1) is 16.7 Å². The third-order valence-corrected chi connectivity index (χ3v) is 10.1. The fourth-order valence-electron chi connectivity index (χ4n) is 7.40. The van der Waals surface area contributed by atoms with E-state index in [2.05, 4.69) is 30.4 Å². The molecule has 5 atom stereocenters. The van der Waals surface area contributed by atoms with Gasteiger partial charge in [0, 0.05) is 0 Å². The number of aliphatic hydroxyl groups is 1. The maximum Gasteiger partial charge on any atom is 0.359 e. The molecule has 0 spiro atoms. The van der Waals surface area contributed by atoms with E-state index in [9.17, 15) is 26.7 Å². The molecule has 0 unspecified atom stereocenters. The molecular weight excluding hydrogens is 503 g/mol. The molecule has 206 valence electrons. The van der Waals surface area contributed by atoms with Gasteiger partial charge in [-0.3, -0.25) is 8.91 Å². The smallest absolute Gasteiger partial charge is 0.359 e. The summed E-state index contributed by atoms with van der Waals surface area (Å²) in [5, 5.41) is 9.31. The van der Waals surface area contributed by atoms with Crippen LogP contribution in [-0.4, -0.2) is 26.2 Å². The van der Waals surface area contributed by atoms with E-state index >= 15 is 0 Å². The molecule has 0 heterocycles. The van der Waals surface area contributed by atoms with Gasteiger partial charge in [0.2, 0.25) is 0 Å². The summed E-state index contributed by atoms with van der Waals surface area (Å²) < 4.78 is 69.6.